The van der Waals surface area contributed by atoms with Crippen LogP contribution in [0.25, 0.3) is 10.8 Å². The highest BCUT2D eigenvalue weighted by atomic mass is 35.5. The summed E-state index contributed by atoms with van der Waals surface area (Å²) in [6, 6.07) is 17.1. The lowest BCUT2D eigenvalue weighted by Gasteiger charge is -2.22. The third kappa shape index (κ3) is 3.27. The van der Waals surface area contributed by atoms with Crippen LogP contribution < -0.4 is 15.4 Å². The van der Waals surface area contributed by atoms with Gasteiger partial charge in [0.25, 0.3) is 0 Å². The summed E-state index contributed by atoms with van der Waals surface area (Å²) in [5, 5.41) is 9.78. The third-order valence-electron chi connectivity index (χ3n) is 4.27. The molecule has 2 aromatic carbocycles. The monoisotopic (exact) mass is 379 g/mol. The molecular weight excluding hydrogens is 362 g/mol. The number of methoxy groups -OCH3 is 1. The fourth-order valence-electron chi connectivity index (χ4n) is 3.01. The number of benzene rings is 2. The van der Waals surface area contributed by atoms with Crippen molar-refractivity contribution in [2.75, 3.05) is 17.7 Å². The maximum absolute atomic E-state index is 6.24. The number of rotatable bonds is 4. The number of pyridine rings is 1. The van der Waals surface area contributed by atoms with Crippen LogP contribution in [-0.2, 0) is 0 Å². The number of nitrogens with zero attached hydrogens (tertiary/aromatic N) is 3. The van der Waals surface area contributed by atoms with E-state index in [2.05, 4.69) is 15.2 Å². The molecule has 0 spiro atoms. The lowest BCUT2D eigenvalue weighted by molar-refractivity contribution is 0.415. The van der Waals surface area contributed by atoms with Crippen LogP contribution in [0.1, 0.15) is 5.69 Å². The number of hydrogen-bond acceptors (Lipinski definition) is 5. The number of H-pyrrole nitrogens is 1. The van der Waals surface area contributed by atoms with Crippen molar-refractivity contribution in [2.45, 2.75) is 6.92 Å². The Morgan fingerprint density at radius 1 is 1.07 bits per heavy atom. The summed E-state index contributed by atoms with van der Waals surface area (Å²) in [6.45, 7) is 1.94. The van der Waals surface area contributed by atoms with E-state index >= 15 is 0 Å². The topological polar surface area (TPSA) is 80.1 Å². The second-order valence-corrected chi connectivity index (χ2v) is 6.61. The van der Waals surface area contributed by atoms with E-state index < -0.39 is 0 Å². The largest absolute Gasteiger partial charge is 0.497 e. The van der Waals surface area contributed by atoms with E-state index in [-0.39, 0.29) is 0 Å². The van der Waals surface area contributed by atoms with E-state index in [4.69, 9.17) is 22.1 Å². The number of aromatic nitrogens is 3. The zero-order valence-electron chi connectivity index (χ0n) is 14.9. The summed E-state index contributed by atoms with van der Waals surface area (Å²) in [5.41, 5.74) is 8.02. The summed E-state index contributed by atoms with van der Waals surface area (Å²) in [5.74, 6) is 2.53. The lowest BCUT2D eigenvalue weighted by Crippen LogP contribution is -2.13. The number of aryl methyl sites for hydroxylation is 1. The van der Waals surface area contributed by atoms with Crippen LogP contribution in [0.2, 0.25) is 5.02 Å². The van der Waals surface area contributed by atoms with Crippen molar-refractivity contribution in [3.63, 3.8) is 0 Å². The first kappa shape index (κ1) is 17.2. The summed E-state index contributed by atoms with van der Waals surface area (Å²) < 4.78 is 5.34. The van der Waals surface area contributed by atoms with E-state index in [1.54, 1.807) is 7.11 Å². The minimum atomic E-state index is 0.435. The minimum Gasteiger partial charge on any atom is -0.497 e. The predicted molar refractivity (Wildman–Crippen MR) is 109 cm³/mol. The standard InChI is InChI=1S/C20H18ClN5O/c1-12-8-19(25-24-12)26(15-5-3-4-14(21)11-15)18-10-13-9-16(27-2)6-7-17(13)20(22)23-18/h3-11H,1-2H3,(H2,22,23)(H,24,25). The van der Waals surface area contributed by atoms with E-state index in [1.165, 1.54) is 0 Å². The van der Waals surface area contributed by atoms with Crippen LogP contribution in [0.15, 0.2) is 54.6 Å². The molecule has 4 aromatic rings. The molecule has 27 heavy (non-hydrogen) atoms. The van der Waals surface area contributed by atoms with Crippen molar-refractivity contribution in [1.82, 2.24) is 15.2 Å². The first-order valence-electron chi connectivity index (χ1n) is 8.37. The summed E-state index contributed by atoms with van der Waals surface area (Å²) >= 11 is 6.22. The number of hydrogen-bond donors (Lipinski definition) is 2. The van der Waals surface area contributed by atoms with Gasteiger partial charge in [0.15, 0.2) is 5.82 Å². The van der Waals surface area contributed by atoms with Gasteiger partial charge in [-0.1, -0.05) is 17.7 Å². The van der Waals surface area contributed by atoms with Crippen LogP contribution in [-0.4, -0.2) is 22.3 Å². The molecule has 0 fully saturated rings. The van der Waals surface area contributed by atoms with Gasteiger partial charge in [-0.15, -0.1) is 0 Å². The summed E-state index contributed by atoms with van der Waals surface area (Å²) in [7, 11) is 1.64. The quantitative estimate of drug-likeness (QED) is 0.522. The second kappa shape index (κ2) is 6.81. The molecule has 6 nitrogen and oxygen atoms in total. The molecule has 0 aliphatic heterocycles. The highest BCUT2D eigenvalue weighted by Gasteiger charge is 2.18. The average molecular weight is 380 g/mol. The van der Waals surface area contributed by atoms with Gasteiger partial charge in [-0.05, 0) is 54.8 Å². The Balaban J connectivity index is 1.94. The van der Waals surface area contributed by atoms with Gasteiger partial charge >= 0.3 is 0 Å². The number of ether oxygens (including phenoxy) is 1. The maximum Gasteiger partial charge on any atom is 0.160 e. The van der Waals surface area contributed by atoms with Crippen LogP contribution in [0, 0.1) is 6.92 Å². The van der Waals surface area contributed by atoms with Gasteiger partial charge in [0.05, 0.1) is 12.8 Å². The minimum absolute atomic E-state index is 0.435. The Labute approximate surface area is 161 Å². The van der Waals surface area contributed by atoms with Crippen molar-refractivity contribution in [3.05, 3.63) is 65.3 Å². The number of halogens is 1. The molecule has 136 valence electrons. The number of fused-ring (bicyclic) bond motifs is 1. The highest BCUT2D eigenvalue weighted by Crippen LogP contribution is 2.36. The van der Waals surface area contributed by atoms with Gasteiger partial charge in [-0.25, -0.2) is 4.98 Å². The molecule has 0 unspecified atom stereocenters. The van der Waals surface area contributed by atoms with E-state index in [0.717, 1.165) is 27.9 Å². The van der Waals surface area contributed by atoms with E-state index in [0.29, 0.717) is 22.5 Å². The van der Waals surface area contributed by atoms with Gasteiger partial charge < -0.3 is 10.5 Å². The maximum atomic E-state index is 6.24. The normalized spacial score (nSPS) is 10.9. The number of nitrogens with one attached hydrogen (secondary N) is 1. The molecule has 0 saturated heterocycles. The Bertz CT molecular complexity index is 1120. The third-order valence-corrected chi connectivity index (χ3v) is 4.51. The van der Waals surface area contributed by atoms with Crippen molar-refractivity contribution in [3.8, 4) is 5.75 Å². The molecular formula is C20H18ClN5O. The Morgan fingerprint density at radius 2 is 1.93 bits per heavy atom. The molecule has 7 heteroatoms. The van der Waals surface area contributed by atoms with Gasteiger partial charge in [0, 0.05) is 22.2 Å². The average Bonchev–Trinajstić information content (AvgIpc) is 3.07. The second-order valence-electron chi connectivity index (χ2n) is 6.18. The van der Waals surface area contributed by atoms with Crippen molar-refractivity contribution in [1.29, 1.82) is 0 Å². The molecule has 0 amide bonds. The van der Waals surface area contributed by atoms with Crippen molar-refractivity contribution >= 4 is 45.5 Å². The SMILES string of the molecule is COc1ccc2c(N)nc(N(c3cccc(Cl)c3)c3cc(C)[nH]n3)cc2c1. The molecule has 2 heterocycles. The highest BCUT2D eigenvalue weighted by molar-refractivity contribution is 6.30. The number of aromatic amines is 1. The Kier molecular flexibility index (Phi) is 4.33. The van der Waals surface area contributed by atoms with Gasteiger partial charge in [0.2, 0.25) is 0 Å². The van der Waals surface area contributed by atoms with Crippen LogP contribution in [0.3, 0.4) is 0 Å². The van der Waals surface area contributed by atoms with E-state index in [9.17, 15) is 0 Å². The zero-order chi connectivity index (χ0) is 19.0. The first-order chi connectivity index (χ1) is 13.0. The summed E-state index contributed by atoms with van der Waals surface area (Å²) in [6.07, 6.45) is 0. The molecule has 0 aliphatic rings. The predicted octanol–water partition coefficient (Wildman–Crippen LogP) is 4.98. The van der Waals surface area contributed by atoms with Crippen molar-refractivity contribution < 1.29 is 4.74 Å². The zero-order valence-corrected chi connectivity index (χ0v) is 15.7. The molecule has 0 bridgehead atoms. The summed E-state index contributed by atoms with van der Waals surface area (Å²) in [4.78, 5) is 6.52. The van der Waals surface area contributed by atoms with Crippen LogP contribution in [0.4, 0.5) is 23.1 Å². The van der Waals surface area contributed by atoms with Crippen molar-refractivity contribution in [2.24, 2.45) is 0 Å². The molecule has 0 atom stereocenters. The molecule has 3 N–H and O–H groups in total. The Hall–Kier alpha value is -3.25. The molecule has 4 rings (SSSR count). The molecule has 2 aromatic heterocycles. The lowest BCUT2D eigenvalue weighted by atomic mass is 10.1. The fraction of sp³-hybridized carbons (Fsp3) is 0.100. The van der Waals surface area contributed by atoms with E-state index in [1.807, 2.05) is 66.4 Å². The smallest absolute Gasteiger partial charge is 0.160 e. The van der Waals surface area contributed by atoms with Gasteiger partial charge in [-0.2, -0.15) is 5.10 Å². The molecule has 0 radical (unpaired) electrons. The fourth-order valence-corrected chi connectivity index (χ4v) is 3.19. The Morgan fingerprint density at radius 3 is 2.63 bits per heavy atom. The van der Waals surface area contributed by atoms with Crippen LogP contribution in [0.5, 0.6) is 5.75 Å². The number of anilines is 4. The first-order valence-corrected chi connectivity index (χ1v) is 8.75. The van der Waals surface area contributed by atoms with Gasteiger partial charge in [-0.3, -0.25) is 10.00 Å². The number of nitrogen functional groups attached to an aromatic ring is 1. The van der Waals surface area contributed by atoms with Crippen LogP contribution >= 0.6 is 11.6 Å². The molecule has 0 aliphatic carbocycles. The molecule has 0 saturated carbocycles. The number of nitrogens with two attached hydrogens (primary N) is 1. The van der Waals surface area contributed by atoms with Gasteiger partial charge in [0.1, 0.15) is 17.4 Å².